The number of carbonyl (C=O) groups excluding carboxylic acids is 3. The molecule has 37 heavy (non-hydrogen) atoms. The van der Waals surface area contributed by atoms with E-state index in [-0.39, 0.29) is 11.9 Å². The first-order chi connectivity index (χ1) is 17.9. The number of carbonyl (C=O) groups is 3. The SMILES string of the molecule is CCCCN1C(=O)N[C@@H](c2cccc(NC(=O)c3ccc(-c4ccccc4)cc3)c2)C(C(=O)OC)=C1C. The Labute approximate surface area is 217 Å². The van der Waals surface area contributed by atoms with Crippen molar-refractivity contribution in [2.45, 2.75) is 32.7 Å². The summed E-state index contributed by atoms with van der Waals surface area (Å²) in [6.45, 7) is 4.32. The summed E-state index contributed by atoms with van der Waals surface area (Å²) in [5.41, 5.74) is 4.79. The third-order valence-corrected chi connectivity index (χ3v) is 6.47. The van der Waals surface area contributed by atoms with Crippen LogP contribution >= 0.6 is 0 Å². The number of nitrogens with zero attached hydrogens (tertiary/aromatic N) is 1. The van der Waals surface area contributed by atoms with Gasteiger partial charge >= 0.3 is 12.0 Å². The first kappa shape index (κ1) is 25.7. The first-order valence-corrected chi connectivity index (χ1v) is 12.4. The van der Waals surface area contributed by atoms with Crippen molar-refractivity contribution in [2.75, 3.05) is 19.0 Å². The van der Waals surface area contributed by atoms with Crippen LogP contribution in [0.25, 0.3) is 11.1 Å². The molecule has 0 saturated heterocycles. The highest BCUT2D eigenvalue weighted by Gasteiger charge is 2.36. The van der Waals surface area contributed by atoms with Crippen LogP contribution in [-0.4, -0.2) is 36.5 Å². The minimum Gasteiger partial charge on any atom is -0.466 e. The van der Waals surface area contributed by atoms with Crippen LogP contribution in [0, 0.1) is 0 Å². The highest BCUT2D eigenvalue weighted by molar-refractivity contribution is 6.04. The lowest BCUT2D eigenvalue weighted by molar-refractivity contribution is -0.136. The largest absolute Gasteiger partial charge is 0.466 e. The van der Waals surface area contributed by atoms with Crippen molar-refractivity contribution in [1.82, 2.24) is 10.2 Å². The molecule has 0 bridgehead atoms. The van der Waals surface area contributed by atoms with Crippen molar-refractivity contribution < 1.29 is 19.1 Å². The molecule has 1 aliphatic rings. The summed E-state index contributed by atoms with van der Waals surface area (Å²) in [4.78, 5) is 40.1. The summed E-state index contributed by atoms with van der Waals surface area (Å²) in [5.74, 6) is -0.757. The van der Waals surface area contributed by atoms with Gasteiger partial charge in [-0.25, -0.2) is 9.59 Å². The lowest BCUT2D eigenvalue weighted by Gasteiger charge is -2.35. The molecule has 190 valence electrons. The summed E-state index contributed by atoms with van der Waals surface area (Å²) in [5, 5.41) is 5.86. The Morgan fingerprint density at radius 1 is 0.973 bits per heavy atom. The van der Waals surface area contributed by atoms with Crippen LogP contribution < -0.4 is 10.6 Å². The van der Waals surface area contributed by atoms with Crippen LogP contribution in [0.4, 0.5) is 10.5 Å². The van der Waals surface area contributed by atoms with Crippen molar-refractivity contribution in [3.05, 3.63) is 101 Å². The summed E-state index contributed by atoms with van der Waals surface area (Å²) < 4.78 is 5.05. The highest BCUT2D eigenvalue weighted by Crippen LogP contribution is 2.32. The van der Waals surface area contributed by atoms with E-state index < -0.39 is 12.0 Å². The molecular weight excluding hydrogens is 466 g/mol. The lowest BCUT2D eigenvalue weighted by atomic mass is 9.94. The summed E-state index contributed by atoms with van der Waals surface area (Å²) >= 11 is 0. The average Bonchev–Trinajstić information content (AvgIpc) is 2.93. The molecular formula is C30H31N3O4. The van der Waals surface area contributed by atoms with E-state index >= 15 is 0 Å². The monoisotopic (exact) mass is 497 g/mol. The molecule has 0 aliphatic carbocycles. The fourth-order valence-corrected chi connectivity index (χ4v) is 4.44. The fraction of sp³-hybridized carbons (Fsp3) is 0.233. The maximum Gasteiger partial charge on any atom is 0.337 e. The molecule has 0 fully saturated rings. The average molecular weight is 498 g/mol. The van der Waals surface area contributed by atoms with Crippen molar-refractivity contribution >= 4 is 23.6 Å². The van der Waals surface area contributed by atoms with Gasteiger partial charge in [0.1, 0.15) is 0 Å². The Kier molecular flexibility index (Phi) is 8.03. The Balaban J connectivity index is 1.56. The summed E-state index contributed by atoms with van der Waals surface area (Å²) in [7, 11) is 1.33. The standard InChI is InChI=1S/C30H31N3O4/c1-4-5-18-33-20(2)26(29(35)37-3)27(32-30(33)36)24-12-9-13-25(19-24)31-28(34)23-16-14-22(15-17-23)21-10-7-6-8-11-21/h6-17,19,27H,4-5,18H2,1-3H3,(H,31,34)(H,32,36)/t27-/m0/s1. The minimum atomic E-state index is -0.695. The van der Waals surface area contributed by atoms with Gasteiger partial charge in [-0.2, -0.15) is 0 Å². The quantitative estimate of drug-likeness (QED) is 0.378. The van der Waals surface area contributed by atoms with Gasteiger partial charge in [0.05, 0.1) is 18.7 Å². The topological polar surface area (TPSA) is 87.7 Å². The van der Waals surface area contributed by atoms with E-state index in [1.807, 2.05) is 55.5 Å². The van der Waals surface area contributed by atoms with Crippen LogP contribution in [0.2, 0.25) is 0 Å². The maximum absolute atomic E-state index is 12.9. The molecule has 0 spiro atoms. The van der Waals surface area contributed by atoms with Gasteiger partial charge in [0.25, 0.3) is 5.91 Å². The Morgan fingerprint density at radius 2 is 1.68 bits per heavy atom. The number of unbranched alkanes of at least 4 members (excludes halogenated alkanes) is 1. The van der Waals surface area contributed by atoms with Crippen LogP contribution in [0.5, 0.6) is 0 Å². The van der Waals surface area contributed by atoms with E-state index in [2.05, 4.69) is 10.6 Å². The number of amides is 3. The highest BCUT2D eigenvalue weighted by atomic mass is 16.5. The van der Waals surface area contributed by atoms with Gasteiger partial charge in [-0.3, -0.25) is 9.69 Å². The van der Waals surface area contributed by atoms with Crippen molar-refractivity contribution in [3.63, 3.8) is 0 Å². The zero-order valence-corrected chi connectivity index (χ0v) is 21.3. The van der Waals surface area contributed by atoms with E-state index in [1.54, 1.807) is 42.2 Å². The smallest absolute Gasteiger partial charge is 0.337 e. The van der Waals surface area contributed by atoms with E-state index in [9.17, 15) is 14.4 Å². The molecule has 1 atom stereocenters. The number of esters is 1. The second kappa shape index (κ2) is 11.6. The van der Waals surface area contributed by atoms with Crippen LogP contribution in [0.1, 0.15) is 48.7 Å². The predicted octanol–water partition coefficient (Wildman–Crippen LogP) is 5.92. The molecule has 3 aromatic carbocycles. The van der Waals surface area contributed by atoms with E-state index in [1.165, 1.54) is 7.11 Å². The summed E-state index contributed by atoms with van der Waals surface area (Å²) in [6.07, 6.45) is 1.74. The van der Waals surface area contributed by atoms with Gasteiger partial charge in [-0.15, -0.1) is 0 Å². The maximum atomic E-state index is 12.9. The first-order valence-electron chi connectivity index (χ1n) is 12.4. The van der Waals surface area contributed by atoms with E-state index in [0.717, 1.165) is 24.0 Å². The normalized spacial score (nSPS) is 15.3. The molecule has 3 amide bonds. The minimum absolute atomic E-state index is 0.255. The van der Waals surface area contributed by atoms with Gasteiger partial charge in [-0.05, 0) is 54.3 Å². The van der Waals surface area contributed by atoms with Gasteiger partial charge in [0.2, 0.25) is 0 Å². The molecule has 0 radical (unpaired) electrons. The molecule has 0 aromatic heterocycles. The van der Waals surface area contributed by atoms with E-state index in [0.29, 0.717) is 34.6 Å². The fourth-order valence-electron chi connectivity index (χ4n) is 4.44. The van der Waals surface area contributed by atoms with E-state index in [4.69, 9.17) is 4.74 Å². The van der Waals surface area contributed by atoms with Crippen molar-refractivity contribution in [1.29, 1.82) is 0 Å². The molecule has 7 nitrogen and oxygen atoms in total. The molecule has 1 aliphatic heterocycles. The summed E-state index contributed by atoms with van der Waals surface area (Å²) in [6, 6.07) is 23.5. The Bertz CT molecular complexity index is 1320. The zero-order chi connectivity index (χ0) is 26.4. The van der Waals surface area contributed by atoms with Crippen LogP contribution in [0.15, 0.2) is 90.1 Å². The van der Waals surface area contributed by atoms with Crippen LogP contribution in [-0.2, 0) is 9.53 Å². The number of rotatable bonds is 8. The molecule has 4 rings (SSSR count). The van der Waals surface area contributed by atoms with Gasteiger partial charge in [0, 0.05) is 23.5 Å². The third kappa shape index (κ3) is 5.72. The molecule has 0 saturated carbocycles. The number of methoxy groups -OCH3 is 1. The second-order valence-electron chi connectivity index (χ2n) is 8.90. The molecule has 3 aromatic rings. The van der Waals surface area contributed by atoms with Gasteiger partial charge < -0.3 is 15.4 Å². The Hall–Kier alpha value is -4.39. The molecule has 7 heteroatoms. The zero-order valence-electron chi connectivity index (χ0n) is 21.3. The molecule has 0 unspecified atom stereocenters. The number of benzene rings is 3. The van der Waals surface area contributed by atoms with Crippen molar-refractivity contribution in [2.24, 2.45) is 0 Å². The number of ether oxygens (including phenoxy) is 1. The Morgan fingerprint density at radius 3 is 2.35 bits per heavy atom. The number of urea groups is 1. The van der Waals surface area contributed by atoms with Crippen LogP contribution in [0.3, 0.4) is 0 Å². The number of allylic oxidation sites excluding steroid dienone is 1. The number of hydrogen-bond acceptors (Lipinski definition) is 4. The molecule has 1 heterocycles. The van der Waals surface area contributed by atoms with Crippen molar-refractivity contribution in [3.8, 4) is 11.1 Å². The molecule has 2 N–H and O–H groups in total. The number of nitrogens with one attached hydrogen (secondary N) is 2. The second-order valence-corrected chi connectivity index (χ2v) is 8.90. The predicted molar refractivity (Wildman–Crippen MR) is 144 cm³/mol. The van der Waals surface area contributed by atoms with Gasteiger partial charge in [-0.1, -0.05) is 67.9 Å². The number of hydrogen-bond donors (Lipinski definition) is 2. The van der Waals surface area contributed by atoms with Gasteiger partial charge in [0.15, 0.2) is 0 Å². The third-order valence-electron chi connectivity index (χ3n) is 6.47. The number of anilines is 1. The lowest BCUT2D eigenvalue weighted by Crippen LogP contribution is -2.48.